The first-order valence-corrected chi connectivity index (χ1v) is 5.60. The second-order valence-electron chi connectivity index (χ2n) is 4.16. The van der Waals surface area contributed by atoms with Gasteiger partial charge in [0.1, 0.15) is 0 Å². The van der Waals surface area contributed by atoms with Crippen LogP contribution in [0.15, 0.2) is 22.7 Å². The normalized spacial score (nSPS) is 12.6. The summed E-state index contributed by atoms with van der Waals surface area (Å²) in [4.78, 5) is 4.34. The molecule has 0 aliphatic heterocycles. The van der Waals surface area contributed by atoms with Gasteiger partial charge in [0.25, 0.3) is 5.89 Å². The molecule has 90 valence electrons. The van der Waals surface area contributed by atoms with E-state index in [2.05, 4.69) is 24.0 Å². The zero-order valence-corrected chi connectivity index (χ0v) is 9.97. The molecule has 0 bridgehead atoms. The lowest BCUT2D eigenvalue weighted by Gasteiger charge is -2.00. The number of hydrogen-bond donors (Lipinski definition) is 2. The van der Waals surface area contributed by atoms with E-state index in [0.717, 1.165) is 12.0 Å². The second kappa shape index (κ2) is 4.45. The van der Waals surface area contributed by atoms with Gasteiger partial charge in [-0.15, -0.1) is 0 Å². The highest BCUT2D eigenvalue weighted by Crippen LogP contribution is 2.25. The molecule has 0 saturated heterocycles. The maximum Gasteiger partial charge on any atom is 0.258 e. The van der Waals surface area contributed by atoms with E-state index in [9.17, 15) is 0 Å². The van der Waals surface area contributed by atoms with Crippen LogP contribution in [0.1, 0.15) is 32.0 Å². The van der Waals surface area contributed by atoms with Gasteiger partial charge in [0.2, 0.25) is 0 Å². The molecular weight excluding hydrogens is 216 g/mol. The molecule has 1 heterocycles. The summed E-state index contributed by atoms with van der Waals surface area (Å²) in [5.74, 6) is 1.45. The van der Waals surface area contributed by atoms with E-state index in [4.69, 9.17) is 16.0 Å². The van der Waals surface area contributed by atoms with Crippen LogP contribution in [0.25, 0.3) is 11.5 Å². The Kier molecular flexibility index (Phi) is 2.99. The number of nitrogen functional groups attached to an aromatic ring is 2. The molecule has 0 saturated carbocycles. The second-order valence-corrected chi connectivity index (χ2v) is 4.16. The molecular formula is C12H16N4O. The van der Waals surface area contributed by atoms with Crippen molar-refractivity contribution in [3.8, 4) is 11.5 Å². The third-order valence-electron chi connectivity index (χ3n) is 2.72. The molecule has 1 aromatic carbocycles. The number of aromatic nitrogens is 2. The molecule has 0 aliphatic rings. The SMILES string of the molecule is CCC(C)c1noc(-c2cc(N)cc(N)c2)n1. The van der Waals surface area contributed by atoms with Crippen LogP contribution in [-0.4, -0.2) is 10.1 Å². The largest absolute Gasteiger partial charge is 0.399 e. The average molecular weight is 232 g/mol. The van der Waals surface area contributed by atoms with E-state index in [1.807, 2.05) is 0 Å². The molecule has 1 atom stereocenters. The van der Waals surface area contributed by atoms with Crippen LogP contribution in [0.4, 0.5) is 11.4 Å². The van der Waals surface area contributed by atoms with Crippen molar-refractivity contribution < 1.29 is 4.52 Å². The molecule has 2 aromatic rings. The summed E-state index contributed by atoms with van der Waals surface area (Å²) in [6.45, 7) is 4.14. The lowest BCUT2D eigenvalue weighted by atomic mass is 10.1. The monoisotopic (exact) mass is 232 g/mol. The Balaban J connectivity index is 2.36. The van der Waals surface area contributed by atoms with Crippen molar-refractivity contribution in [2.24, 2.45) is 0 Å². The standard InChI is InChI=1S/C12H16N4O/c1-3-7(2)11-15-12(17-16-11)8-4-9(13)6-10(14)5-8/h4-7H,3,13-14H2,1-2H3. The summed E-state index contributed by atoms with van der Waals surface area (Å²) < 4.78 is 5.21. The van der Waals surface area contributed by atoms with Crippen LogP contribution in [0.3, 0.4) is 0 Å². The van der Waals surface area contributed by atoms with Gasteiger partial charge < -0.3 is 16.0 Å². The molecule has 5 heteroatoms. The van der Waals surface area contributed by atoms with E-state index in [1.165, 1.54) is 0 Å². The molecule has 1 aromatic heterocycles. The summed E-state index contributed by atoms with van der Waals surface area (Å²) in [5.41, 5.74) is 13.4. The van der Waals surface area contributed by atoms with Gasteiger partial charge in [-0.05, 0) is 24.6 Å². The van der Waals surface area contributed by atoms with Crippen molar-refractivity contribution in [2.45, 2.75) is 26.2 Å². The van der Waals surface area contributed by atoms with Crippen molar-refractivity contribution >= 4 is 11.4 Å². The Morgan fingerprint density at radius 1 is 1.24 bits per heavy atom. The molecule has 0 fully saturated rings. The third kappa shape index (κ3) is 2.38. The molecule has 0 radical (unpaired) electrons. The highest BCUT2D eigenvalue weighted by molar-refractivity contribution is 5.67. The molecule has 5 nitrogen and oxygen atoms in total. The van der Waals surface area contributed by atoms with Crippen LogP contribution in [0.5, 0.6) is 0 Å². The van der Waals surface area contributed by atoms with Gasteiger partial charge in [0, 0.05) is 22.9 Å². The fraction of sp³-hybridized carbons (Fsp3) is 0.333. The topological polar surface area (TPSA) is 91.0 Å². The summed E-state index contributed by atoms with van der Waals surface area (Å²) in [5, 5.41) is 3.95. The first-order valence-electron chi connectivity index (χ1n) is 5.60. The molecule has 0 amide bonds. The highest BCUT2D eigenvalue weighted by atomic mass is 16.5. The Labute approximate surface area is 99.8 Å². The lowest BCUT2D eigenvalue weighted by molar-refractivity contribution is 0.416. The van der Waals surface area contributed by atoms with Crippen LogP contribution in [-0.2, 0) is 0 Å². The van der Waals surface area contributed by atoms with E-state index in [0.29, 0.717) is 23.1 Å². The summed E-state index contributed by atoms with van der Waals surface area (Å²) in [7, 11) is 0. The fourth-order valence-corrected chi connectivity index (χ4v) is 1.53. The highest BCUT2D eigenvalue weighted by Gasteiger charge is 2.13. The van der Waals surface area contributed by atoms with Gasteiger partial charge in [-0.3, -0.25) is 0 Å². The predicted octanol–water partition coefficient (Wildman–Crippen LogP) is 2.41. The Morgan fingerprint density at radius 3 is 2.47 bits per heavy atom. The van der Waals surface area contributed by atoms with E-state index >= 15 is 0 Å². The minimum absolute atomic E-state index is 0.283. The number of anilines is 2. The van der Waals surface area contributed by atoms with Crippen molar-refractivity contribution in [3.63, 3.8) is 0 Å². The fourth-order valence-electron chi connectivity index (χ4n) is 1.53. The third-order valence-corrected chi connectivity index (χ3v) is 2.72. The Bertz CT molecular complexity index is 501. The number of nitrogens with two attached hydrogens (primary N) is 2. The van der Waals surface area contributed by atoms with Gasteiger partial charge in [0.15, 0.2) is 5.82 Å². The van der Waals surface area contributed by atoms with E-state index in [1.54, 1.807) is 18.2 Å². The summed E-state index contributed by atoms with van der Waals surface area (Å²) in [6.07, 6.45) is 0.970. The Morgan fingerprint density at radius 2 is 1.88 bits per heavy atom. The van der Waals surface area contributed by atoms with Crippen LogP contribution in [0.2, 0.25) is 0 Å². The minimum Gasteiger partial charge on any atom is -0.399 e. The number of rotatable bonds is 3. The van der Waals surface area contributed by atoms with Gasteiger partial charge in [-0.25, -0.2) is 0 Å². The maximum atomic E-state index is 5.72. The van der Waals surface area contributed by atoms with Crippen molar-refractivity contribution in [1.82, 2.24) is 10.1 Å². The van der Waals surface area contributed by atoms with Crippen LogP contribution in [0, 0.1) is 0 Å². The minimum atomic E-state index is 0.283. The first kappa shape index (κ1) is 11.4. The number of nitrogens with zero attached hydrogens (tertiary/aromatic N) is 2. The van der Waals surface area contributed by atoms with Gasteiger partial charge in [-0.1, -0.05) is 19.0 Å². The molecule has 0 aliphatic carbocycles. The average Bonchev–Trinajstić information content (AvgIpc) is 2.76. The molecule has 0 spiro atoms. The van der Waals surface area contributed by atoms with Crippen LogP contribution < -0.4 is 11.5 Å². The quantitative estimate of drug-likeness (QED) is 0.793. The Hall–Kier alpha value is -2.04. The van der Waals surface area contributed by atoms with E-state index < -0.39 is 0 Å². The zero-order valence-electron chi connectivity index (χ0n) is 9.97. The summed E-state index contributed by atoms with van der Waals surface area (Å²) in [6, 6.07) is 5.23. The van der Waals surface area contributed by atoms with Gasteiger partial charge in [-0.2, -0.15) is 4.98 Å². The van der Waals surface area contributed by atoms with Crippen molar-refractivity contribution in [2.75, 3.05) is 11.5 Å². The molecule has 17 heavy (non-hydrogen) atoms. The van der Waals surface area contributed by atoms with Gasteiger partial charge in [0.05, 0.1) is 0 Å². The zero-order chi connectivity index (χ0) is 12.4. The molecule has 4 N–H and O–H groups in total. The predicted molar refractivity (Wildman–Crippen MR) is 67.3 cm³/mol. The maximum absolute atomic E-state index is 5.72. The smallest absolute Gasteiger partial charge is 0.258 e. The molecule has 1 unspecified atom stereocenters. The van der Waals surface area contributed by atoms with Gasteiger partial charge >= 0.3 is 0 Å². The lowest BCUT2D eigenvalue weighted by Crippen LogP contribution is -1.94. The summed E-state index contributed by atoms with van der Waals surface area (Å²) >= 11 is 0. The number of benzene rings is 1. The first-order chi connectivity index (χ1) is 8.10. The number of hydrogen-bond acceptors (Lipinski definition) is 5. The van der Waals surface area contributed by atoms with Crippen LogP contribution >= 0.6 is 0 Å². The van der Waals surface area contributed by atoms with Crippen molar-refractivity contribution in [1.29, 1.82) is 0 Å². The van der Waals surface area contributed by atoms with Crippen molar-refractivity contribution in [3.05, 3.63) is 24.0 Å². The molecule has 2 rings (SSSR count). The van der Waals surface area contributed by atoms with E-state index in [-0.39, 0.29) is 5.92 Å².